The van der Waals surface area contributed by atoms with Crippen LogP contribution in [-0.4, -0.2) is 36.9 Å². The molecule has 182 valence electrons. The first kappa shape index (κ1) is 24.0. The van der Waals surface area contributed by atoms with E-state index in [2.05, 4.69) is 77.8 Å². The van der Waals surface area contributed by atoms with E-state index < -0.39 is 0 Å². The first-order chi connectivity index (χ1) is 17.7. The number of anilines is 1. The fourth-order valence-corrected chi connectivity index (χ4v) is 5.32. The number of nitrogens with zero attached hydrogens (tertiary/aromatic N) is 1. The molecule has 0 amide bonds. The van der Waals surface area contributed by atoms with Gasteiger partial charge < -0.3 is 10.2 Å². The second-order valence-corrected chi connectivity index (χ2v) is 9.61. The highest BCUT2D eigenvalue weighted by molar-refractivity contribution is 6.19. The van der Waals surface area contributed by atoms with Crippen LogP contribution in [0.4, 0.5) is 5.69 Å². The summed E-state index contributed by atoms with van der Waals surface area (Å²) < 4.78 is 0. The minimum Gasteiger partial charge on any atom is -0.385 e. The maximum atomic E-state index is 13.1. The molecule has 0 spiro atoms. The molecule has 3 aromatic rings. The van der Waals surface area contributed by atoms with Gasteiger partial charge in [0.2, 0.25) is 0 Å². The number of hydrogen-bond acceptors (Lipinski definition) is 3. The van der Waals surface area contributed by atoms with Gasteiger partial charge in [-0.1, -0.05) is 96.6 Å². The third-order valence-corrected chi connectivity index (χ3v) is 7.25. The number of piperidine rings is 1. The Balaban J connectivity index is 1.23. The molecular weight excluding hydrogens is 440 g/mol. The number of rotatable bonds is 5. The highest BCUT2D eigenvalue weighted by atomic mass is 16.1. The predicted octanol–water partition coefficient (Wildman–Crippen LogP) is 7.06. The van der Waals surface area contributed by atoms with Crippen molar-refractivity contribution in [3.63, 3.8) is 0 Å². The molecule has 2 aliphatic rings. The minimum absolute atomic E-state index is 0.147. The molecule has 1 saturated heterocycles. The quantitative estimate of drug-likeness (QED) is 0.314. The van der Waals surface area contributed by atoms with Crippen molar-refractivity contribution < 1.29 is 4.79 Å². The largest absolute Gasteiger partial charge is 0.385 e. The molecule has 0 saturated carbocycles. The zero-order valence-corrected chi connectivity index (χ0v) is 21.0. The Labute approximate surface area is 214 Å². The fourth-order valence-electron chi connectivity index (χ4n) is 5.32. The minimum atomic E-state index is 0.147. The summed E-state index contributed by atoms with van der Waals surface area (Å²) in [6.07, 6.45) is 3.21. The topological polar surface area (TPSA) is 32.3 Å². The van der Waals surface area contributed by atoms with Gasteiger partial charge >= 0.3 is 0 Å². The van der Waals surface area contributed by atoms with Crippen molar-refractivity contribution in [2.24, 2.45) is 0 Å². The number of aryl methyl sites for hydroxylation is 1. The van der Waals surface area contributed by atoms with Gasteiger partial charge in [0.1, 0.15) is 0 Å². The van der Waals surface area contributed by atoms with E-state index in [1.54, 1.807) is 0 Å². The summed E-state index contributed by atoms with van der Waals surface area (Å²) in [6, 6.07) is 32.9. The predicted molar refractivity (Wildman–Crippen MR) is 150 cm³/mol. The molecule has 0 unspecified atom stereocenters. The number of benzene rings is 2. The lowest BCUT2D eigenvalue weighted by Crippen LogP contribution is -2.33. The molecule has 1 N–H and O–H groups in total. The summed E-state index contributed by atoms with van der Waals surface area (Å²) in [4.78, 5) is 15.7. The van der Waals surface area contributed by atoms with E-state index >= 15 is 0 Å². The monoisotopic (exact) mass is 474 g/mol. The summed E-state index contributed by atoms with van der Waals surface area (Å²) in [5.74, 6) is 0.147. The zero-order valence-electron chi connectivity index (χ0n) is 21.0. The Hall–Kier alpha value is -3.69. The molecule has 1 aliphatic carbocycles. The Morgan fingerprint density at radius 3 is 1.86 bits per heavy atom. The average Bonchev–Trinajstić information content (AvgIpc) is 2.92. The Morgan fingerprint density at radius 1 is 0.694 bits per heavy atom. The highest BCUT2D eigenvalue weighted by Crippen LogP contribution is 2.40. The van der Waals surface area contributed by atoms with E-state index in [4.69, 9.17) is 0 Å². The SMILES string of the molecule is Cc1ccccccccc1NCCCN1CCC(=C2c3ccccc3C(=O)c3ccccc32)CC1. The normalized spacial score (nSPS) is 15.1. The van der Waals surface area contributed by atoms with E-state index in [0.29, 0.717) is 0 Å². The second-order valence-electron chi connectivity index (χ2n) is 9.61. The summed E-state index contributed by atoms with van der Waals surface area (Å²) in [5, 5.41) is 3.63. The number of ketones is 1. The van der Waals surface area contributed by atoms with Crippen LogP contribution >= 0.6 is 0 Å². The van der Waals surface area contributed by atoms with E-state index in [1.165, 1.54) is 22.4 Å². The lowest BCUT2D eigenvalue weighted by Gasteiger charge is -2.32. The van der Waals surface area contributed by atoms with E-state index in [-0.39, 0.29) is 5.78 Å². The van der Waals surface area contributed by atoms with Gasteiger partial charge in [-0.3, -0.25) is 4.79 Å². The Bertz CT molecular complexity index is 1280. The molecule has 3 aromatic carbocycles. The first-order valence-corrected chi connectivity index (χ1v) is 13.0. The number of carbonyl (C=O) groups is 1. The summed E-state index contributed by atoms with van der Waals surface area (Å²) in [5.41, 5.74) is 9.10. The number of nitrogens with one attached hydrogen (secondary N) is 1. The van der Waals surface area contributed by atoms with Crippen molar-refractivity contribution in [1.29, 1.82) is 0 Å². The molecule has 1 heterocycles. The first-order valence-electron chi connectivity index (χ1n) is 13.0. The summed E-state index contributed by atoms with van der Waals surface area (Å²) >= 11 is 0. The van der Waals surface area contributed by atoms with E-state index in [0.717, 1.165) is 67.7 Å². The van der Waals surface area contributed by atoms with Crippen LogP contribution in [0.2, 0.25) is 0 Å². The molecule has 3 heteroatoms. The molecule has 1 aliphatic heterocycles. The molecule has 0 radical (unpaired) electrons. The van der Waals surface area contributed by atoms with Gasteiger partial charge in [-0.05, 0) is 61.1 Å². The van der Waals surface area contributed by atoms with Gasteiger partial charge in [0.05, 0.1) is 0 Å². The van der Waals surface area contributed by atoms with Crippen LogP contribution in [0, 0.1) is 6.92 Å². The van der Waals surface area contributed by atoms with E-state index in [9.17, 15) is 4.79 Å². The maximum Gasteiger partial charge on any atom is 0.194 e. The van der Waals surface area contributed by atoms with Crippen LogP contribution in [0.3, 0.4) is 0 Å². The zero-order chi connectivity index (χ0) is 24.7. The van der Waals surface area contributed by atoms with Crippen LogP contribution in [0.5, 0.6) is 0 Å². The summed E-state index contributed by atoms with van der Waals surface area (Å²) in [7, 11) is 0. The Morgan fingerprint density at radius 2 is 1.22 bits per heavy atom. The molecule has 0 bridgehead atoms. The van der Waals surface area contributed by atoms with Crippen molar-refractivity contribution in [3.05, 3.63) is 130 Å². The van der Waals surface area contributed by atoms with Crippen molar-refractivity contribution >= 4 is 17.0 Å². The fraction of sp³-hybridized carbons (Fsp3) is 0.242. The van der Waals surface area contributed by atoms with Crippen LogP contribution in [0.25, 0.3) is 5.57 Å². The van der Waals surface area contributed by atoms with Gasteiger partial charge in [0.25, 0.3) is 0 Å². The number of fused-ring (bicyclic) bond motifs is 2. The van der Waals surface area contributed by atoms with Gasteiger partial charge in [-0.25, -0.2) is 0 Å². The van der Waals surface area contributed by atoms with Crippen molar-refractivity contribution in [2.75, 3.05) is 31.5 Å². The molecule has 3 nitrogen and oxygen atoms in total. The maximum absolute atomic E-state index is 13.1. The lowest BCUT2D eigenvalue weighted by atomic mass is 9.78. The molecule has 36 heavy (non-hydrogen) atoms. The summed E-state index contributed by atoms with van der Waals surface area (Å²) in [6.45, 7) is 6.34. The van der Waals surface area contributed by atoms with Crippen LogP contribution in [0.15, 0.2) is 103 Å². The molecule has 1 fully saturated rings. The van der Waals surface area contributed by atoms with Crippen molar-refractivity contribution in [3.8, 4) is 0 Å². The van der Waals surface area contributed by atoms with Gasteiger partial charge in [-0.2, -0.15) is 0 Å². The second kappa shape index (κ2) is 11.4. The smallest absolute Gasteiger partial charge is 0.194 e. The molecule has 0 atom stereocenters. The highest BCUT2D eigenvalue weighted by Gasteiger charge is 2.29. The number of carbonyl (C=O) groups excluding carboxylic acids is 1. The molecule has 5 rings (SSSR count). The molecule has 0 aromatic heterocycles. The van der Waals surface area contributed by atoms with Crippen molar-refractivity contribution in [2.45, 2.75) is 26.2 Å². The average molecular weight is 475 g/mol. The molecular formula is C33H34N2O. The third kappa shape index (κ3) is 5.27. The Kier molecular flexibility index (Phi) is 7.58. The van der Waals surface area contributed by atoms with Crippen LogP contribution in [0.1, 0.15) is 51.9 Å². The number of likely N-dealkylation sites (tertiary alicyclic amines) is 1. The van der Waals surface area contributed by atoms with Crippen LogP contribution < -0.4 is 5.32 Å². The number of hydrogen-bond donors (Lipinski definition) is 1. The lowest BCUT2D eigenvalue weighted by molar-refractivity contribution is 0.103. The van der Waals surface area contributed by atoms with Gasteiger partial charge in [-0.15, -0.1) is 0 Å². The van der Waals surface area contributed by atoms with Crippen LogP contribution in [-0.2, 0) is 0 Å². The van der Waals surface area contributed by atoms with Crippen molar-refractivity contribution in [1.82, 2.24) is 4.90 Å². The van der Waals surface area contributed by atoms with Gasteiger partial charge in [0.15, 0.2) is 5.78 Å². The standard InChI is InChI=1S/C33H34N2O/c1-25-13-6-4-2-3-5-7-18-31(25)34-21-12-22-35-23-19-26(20-24-35)32-27-14-8-10-16-29(27)33(36)30-17-11-9-15-28(30)32/h2-11,13-18,34H,12,19-24H2,1H3. The van der Waals surface area contributed by atoms with E-state index in [1.807, 2.05) is 36.4 Å². The van der Waals surface area contributed by atoms with Gasteiger partial charge in [0, 0.05) is 36.4 Å². The third-order valence-electron chi connectivity index (χ3n) is 7.25.